The minimum atomic E-state index is -0.553. The third-order valence-corrected chi connectivity index (χ3v) is 5.41. The Morgan fingerprint density at radius 1 is 1.10 bits per heavy atom. The zero-order valence-corrected chi connectivity index (χ0v) is 17.1. The molecule has 6 heteroatoms. The van der Waals surface area contributed by atoms with E-state index in [9.17, 15) is 5.11 Å². The van der Waals surface area contributed by atoms with Crippen molar-refractivity contribution in [2.75, 3.05) is 6.61 Å². The number of aryl methyl sites for hydroxylation is 2. The van der Waals surface area contributed by atoms with Gasteiger partial charge >= 0.3 is 0 Å². The van der Waals surface area contributed by atoms with Crippen LogP contribution in [-0.2, 0) is 12.8 Å². The lowest BCUT2D eigenvalue weighted by Gasteiger charge is -2.33. The van der Waals surface area contributed by atoms with Crippen LogP contribution in [0.4, 0.5) is 0 Å². The van der Waals surface area contributed by atoms with Crippen LogP contribution in [0, 0.1) is 6.92 Å². The summed E-state index contributed by atoms with van der Waals surface area (Å²) >= 11 is 0. The Labute approximate surface area is 170 Å². The Morgan fingerprint density at radius 3 is 2.45 bits per heavy atom. The molecule has 1 heterocycles. The summed E-state index contributed by atoms with van der Waals surface area (Å²) in [7, 11) is 0. The monoisotopic (exact) mass is 393 g/mol. The van der Waals surface area contributed by atoms with Crippen LogP contribution < -0.4 is 10.5 Å². The molecule has 6 nitrogen and oxygen atoms in total. The average Bonchev–Trinajstić information content (AvgIpc) is 3.19. The third-order valence-electron chi connectivity index (χ3n) is 5.41. The normalized spacial score (nSPS) is 18.7. The van der Waals surface area contributed by atoms with Crippen LogP contribution in [-0.4, -0.2) is 33.6 Å². The summed E-state index contributed by atoms with van der Waals surface area (Å²) in [4.78, 5) is 0. The number of ether oxygens (including phenoxy) is 1. The zero-order valence-electron chi connectivity index (χ0n) is 17.1. The van der Waals surface area contributed by atoms with Gasteiger partial charge < -0.3 is 20.0 Å². The lowest BCUT2D eigenvalue weighted by Crippen LogP contribution is -2.48. The Kier molecular flexibility index (Phi) is 5.15. The highest BCUT2D eigenvalue weighted by Crippen LogP contribution is 2.32. The van der Waals surface area contributed by atoms with Gasteiger partial charge in [-0.2, -0.15) is 0 Å². The van der Waals surface area contributed by atoms with Crippen molar-refractivity contribution in [2.24, 2.45) is 5.73 Å². The van der Waals surface area contributed by atoms with Crippen LogP contribution in [0.5, 0.6) is 5.75 Å². The molecule has 0 unspecified atom stereocenters. The second kappa shape index (κ2) is 7.61. The predicted octanol–water partition coefficient (Wildman–Crippen LogP) is 3.68. The van der Waals surface area contributed by atoms with E-state index < -0.39 is 5.54 Å². The third kappa shape index (κ3) is 4.04. The molecule has 0 saturated carbocycles. The van der Waals surface area contributed by atoms with E-state index in [0.29, 0.717) is 18.2 Å². The first-order chi connectivity index (χ1) is 13.9. The molecule has 29 heavy (non-hydrogen) atoms. The predicted molar refractivity (Wildman–Crippen MR) is 112 cm³/mol. The van der Waals surface area contributed by atoms with E-state index in [1.807, 2.05) is 51.1 Å². The van der Waals surface area contributed by atoms with Crippen molar-refractivity contribution in [1.82, 2.24) is 10.2 Å². The number of nitrogens with two attached hydrogens (primary N) is 1. The molecular formula is C23H27N3O3. The van der Waals surface area contributed by atoms with Gasteiger partial charge in [0.2, 0.25) is 11.8 Å². The molecular weight excluding hydrogens is 366 g/mol. The van der Waals surface area contributed by atoms with Gasteiger partial charge in [-0.25, -0.2) is 0 Å². The average molecular weight is 393 g/mol. The molecule has 0 fully saturated rings. The summed E-state index contributed by atoms with van der Waals surface area (Å²) in [5.41, 5.74) is 10.9. The van der Waals surface area contributed by atoms with Gasteiger partial charge in [-0.1, -0.05) is 6.07 Å². The van der Waals surface area contributed by atoms with Crippen molar-refractivity contribution in [2.45, 2.75) is 51.7 Å². The SMILES string of the molecule is Cc1cc(-c2nnc(-c3ccc4c(c3)C[C@](N)(CO)CC4)o2)ccc1OC(C)C. The summed E-state index contributed by atoms with van der Waals surface area (Å²) in [5, 5.41) is 18.1. The van der Waals surface area contributed by atoms with Gasteiger partial charge in [-0.3, -0.25) is 0 Å². The Hall–Kier alpha value is -2.70. The van der Waals surface area contributed by atoms with Crippen LogP contribution in [0.15, 0.2) is 40.8 Å². The van der Waals surface area contributed by atoms with Crippen LogP contribution in [0.25, 0.3) is 22.9 Å². The summed E-state index contributed by atoms with van der Waals surface area (Å²) in [5.74, 6) is 1.80. The van der Waals surface area contributed by atoms with Gasteiger partial charge in [-0.05, 0) is 87.1 Å². The number of hydrogen-bond acceptors (Lipinski definition) is 6. The van der Waals surface area contributed by atoms with Gasteiger partial charge in [0.05, 0.1) is 12.7 Å². The fraction of sp³-hybridized carbons (Fsp3) is 0.391. The Bertz CT molecular complexity index is 1030. The van der Waals surface area contributed by atoms with Crippen molar-refractivity contribution < 1.29 is 14.3 Å². The molecule has 0 amide bonds. The molecule has 1 atom stereocenters. The van der Waals surface area contributed by atoms with Gasteiger partial charge in [-0.15, -0.1) is 10.2 Å². The van der Waals surface area contributed by atoms with Crippen LogP contribution >= 0.6 is 0 Å². The van der Waals surface area contributed by atoms with Gasteiger partial charge in [0.15, 0.2) is 0 Å². The molecule has 1 aliphatic carbocycles. The minimum absolute atomic E-state index is 0.0166. The molecule has 0 spiro atoms. The number of aromatic nitrogens is 2. The second-order valence-electron chi connectivity index (χ2n) is 8.24. The van der Waals surface area contributed by atoms with E-state index in [1.165, 1.54) is 5.56 Å². The number of benzene rings is 2. The van der Waals surface area contributed by atoms with Crippen LogP contribution in [0.1, 0.15) is 37.0 Å². The summed E-state index contributed by atoms with van der Waals surface area (Å²) in [6.45, 7) is 6.00. The second-order valence-corrected chi connectivity index (χ2v) is 8.24. The van der Waals surface area contributed by atoms with Crippen molar-refractivity contribution in [1.29, 1.82) is 0 Å². The fourth-order valence-corrected chi connectivity index (χ4v) is 3.78. The first-order valence-corrected chi connectivity index (χ1v) is 10.00. The van der Waals surface area contributed by atoms with E-state index in [2.05, 4.69) is 16.3 Å². The molecule has 3 N–H and O–H groups in total. The molecule has 0 saturated heterocycles. The molecule has 152 valence electrons. The van der Waals surface area contributed by atoms with Gasteiger partial charge in [0.25, 0.3) is 0 Å². The number of aliphatic hydroxyl groups is 1. The molecule has 0 radical (unpaired) electrons. The van der Waals surface area contributed by atoms with Gasteiger partial charge in [0.1, 0.15) is 5.75 Å². The zero-order chi connectivity index (χ0) is 20.6. The van der Waals surface area contributed by atoms with Crippen LogP contribution in [0.3, 0.4) is 0 Å². The molecule has 4 rings (SSSR count). The topological polar surface area (TPSA) is 94.4 Å². The molecule has 1 aromatic heterocycles. The van der Waals surface area contributed by atoms with Gasteiger partial charge in [0, 0.05) is 16.7 Å². The first-order valence-electron chi connectivity index (χ1n) is 10.00. The van der Waals surface area contributed by atoms with E-state index in [1.54, 1.807) is 0 Å². The van der Waals surface area contributed by atoms with Crippen LogP contribution in [0.2, 0.25) is 0 Å². The number of fused-ring (bicyclic) bond motifs is 1. The maximum Gasteiger partial charge on any atom is 0.248 e. The quantitative estimate of drug-likeness (QED) is 0.687. The highest BCUT2D eigenvalue weighted by atomic mass is 16.5. The summed E-state index contributed by atoms with van der Waals surface area (Å²) in [6.07, 6.45) is 2.42. The molecule has 3 aromatic rings. The maximum absolute atomic E-state index is 9.61. The lowest BCUT2D eigenvalue weighted by atomic mass is 9.78. The Morgan fingerprint density at radius 2 is 1.79 bits per heavy atom. The highest BCUT2D eigenvalue weighted by molar-refractivity contribution is 5.61. The lowest BCUT2D eigenvalue weighted by molar-refractivity contribution is 0.181. The number of nitrogens with zero attached hydrogens (tertiary/aromatic N) is 2. The Balaban J connectivity index is 1.60. The van der Waals surface area contributed by atoms with E-state index in [4.69, 9.17) is 14.9 Å². The van der Waals surface area contributed by atoms with Crippen molar-refractivity contribution in [3.63, 3.8) is 0 Å². The van der Waals surface area contributed by atoms with Crippen molar-refractivity contribution in [3.8, 4) is 28.7 Å². The standard InChI is InChI=1S/C23H27N3O3/c1-14(2)28-20-7-6-17(10-15(20)3)21-25-26-22(29-21)18-5-4-16-8-9-23(24,13-27)12-19(16)11-18/h4-7,10-11,14,27H,8-9,12-13,24H2,1-3H3/t23-/m0/s1. The molecule has 0 bridgehead atoms. The maximum atomic E-state index is 9.61. The van der Waals surface area contributed by atoms with E-state index >= 15 is 0 Å². The smallest absolute Gasteiger partial charge is 0.248 e. The first kappa shape index (κ1) is 19.6. The number of aliphatic hydroxyl groups excluding tert-OH is 1. The largest absolute Gasteiger partial charge is 0.491 e. The minimum Gasteiger partial charge on any atom is -0.491 e. The highest BCUT2D eigenvalue weighted by Gasteiger charge is 2.30. The number of hydrogen-bond donors (Lipinski definition) is 2. The van der Waals surface area contributed by atoms with E-state index in [-0.39, 0.29) is 12.7 Å². The van der Waals surface area contributed by atoms with Crippen molar-refractivity contribution >= 4 is 0 Å². The molecule has 0 aliphatic heterocycles. The van der Waals surface area contributed by atoms with Crippen molar-refractivity contribution in [3.05, 3.63) is 53.1 Å². The summed E-state index contributed by atoms with van der Waals surface area (Å²) < 4.78 is 11.8. The molecule has 1 aliphatic rings. The fourth-order valence-electron chi connectivity index (χ4n) is 3.78. The summed E-state index contributed by atoms with van der Waals surface area (Å²) in [6, 6.07) is 12.0. The molecule has 2 aromatic carbocycles. The number of rotatable bonds is 5. The van der Waals surface area contributed by atoms with E-state index in [0.717, 1.165) is 40.8 Å².